The monoisotopic (exact) mass is 414 g/mol. The highest BCUT2D eigenvalue weighted by Crippen LogP contribution is 2.49. The molecule has 0 aliphatic carbocycles. The van der Waals surface area contributed by atoms with Gasteiger partial charge in [-0.25, -0.2) is 0 Å². The Bertz CT molecular complexity index is 972. The molecular weight excluding hydrogens is 380 g/mol. The predicted molar refractivity (Wildman–Crippen MR) is 132 cm³/mol. The molecule has 3 aromatic carbocycles. The van der Waals surface area contributed by atoms with E-state index in [1.54, 1.807) is 0 Å². The Kier molecular flexibility index (Phi) is 6.22. The van der Waals surface area contributed by atoms with Crippen LogP contribution in [0.4, 0.5) is 11.4 Å². The zero-order valence-corrected chi connectivity index (χ0v) is 19.5. The van der Waals surface area contributed by atoms with Gasteiger partial charge in [0.15, 0.2) is 0 Å². The second-order valence-electron chi connectivity index (χ2n) is 8.23. The third-order valence-corrected chi connectivity index (χ3v) is 6.50. The quantitative estimate of drug-likeness (QED) is 0.325. The number of hydrogen-bond acceptors (Lipinski definition) is 3. The lowest BCUT2D eigenvalue weighted by molar-refractivity contribution is 0.453. The number of fused-ring (bicyclic) bond motifs is 2. The molecule has 3 nitrogen and oxygen atoms in total. The normalized spacial score (nSPS) is 12.7. The third-order valence-electron chi connectivity index (χ3n) is 6.50. The lowest BCUT2D eigenvalue weighted by atomic mass is 9.82. The molecule has 3 heteroatoms. The lowest BCUT2D eigenvalue weighted by Crippen LogP contribution is -2.23. The molecule has 0 N–H and O–H groups in total. The Hall–Kier alpha value is -2.94. The molecule has 0 atom stereocenters. The molecule has 0 unspecified atom stereocenters. The van der Waals surface area contributed by atoms with Crippen molar-refractivity contribution in [1.29, 1.82) is 0 Å². The molecule has 0 spiro atoms. The minimum absolute atomic E-state index is 0.177. The standard InChI is InChI=1S/C28H34N2O/c1-6-29(7-2)22-14-16-24-26(18-22)31-27-19-23(30(8-3)9-4)15-17-25(27)28(24)21-12-10-20(5)11-13-21/h10-19,28H,6-9H2,1-5H3. The minimum Gasteiger partial charge on any atom is -0.457 e. The van der Waals surface area contributed by atoms with Gasteiger partial charge < -0.3 is 14.5 Å². The van der Waals surface area contributed by atoms with E-state index in [4.69, 9.17) is 4.74 Å². The summed E-state index contributed by atoms with van der Waals surface area (Å²) in [4.78, 5) is 4.73. The molecule has 1 aliphatic rings. The van der Waals surface area contributed by atoms with E-state index in [1.807, 2.05) is 0 Å². The maximum absolute atomic E-state index is 6.56. The summed E-state index contributed by atoms with van der Waals surface area (Å²) < 4.78 is 6.56. The van der Waals surface area contributed by atoms with Gasteiger partial charge in [0.05, 0.1) is 0 Å². The maximum atomic E-state index is 6.56. The average molecular weight is 415 g/mol. The van der Waals surface area contributed by atoms with Crippen LogP contribution in [0.2, 0.25) is 0 Å². The molecule has 0 saturated carbocycles. The first-order chi connectivity index (χ1) is 15.1. The fourth-order valence-electron chi connectivity index (χ4n) is 4.67. The van der Waals surface area contributed by atoms with Crippen LogP contribution in [0, 0.1) is 6.92 Å². The van der Waals surface area contributed by atoms with Crippen molar-refractivity contribution < 1.29 is 4.74 Å². The van der Waals surface area contributed by atoms with Crippen LogP contribution in [-0.4, -0.2) is 26.2 Å². The van der Waals surface area contributed by atoms with Gasteiger partial charge in [-0.2, -0.15) is 0 Å². The summed E-state index contributed by atoms with van der Waals surface area (Å²) in [7, 11) is 0. The molecular formula is C28H34N2O. The number of rotatable bonds is 7. The van der Waals surface area contributed by atoms with Crippen LogP contribution in [0.25, 0.3) is 0 Å². The van der Waals surface area contributed by atoms with E-state index in [9.17, 15) is 0 Å². The van der Waals surface area contributed by atoms with E-state index in [0.717, 1.165) is 37.7 Å². The Morgan fingerprint density at radius 2 is 1.10 bits per heavy atom. The molecule has 162 valence electrons. The van der Waals surface area contributed by atoms with Crippen LogP contribution in [0.15, 0.2) is 60.7 Å². The maximum Gasteiger partial charge on any atom is 0.133 e. The van der Waals surface area contributed by atoms with Crippen LogP contribution >= 0.6 is 0 Å². The summed E-state index contributed by atoms with van der Waals surface area (Å²) in [6.07, 6.45) is 0. The molecule has 1 aliphatic heterocycles. The van der Waals surface area contributed by atoms with E-state index in [-0.39, 0.29) is 5.92 Å². The summed E-state index contributed by atoms with van der Waals surface area (Å²) in [5, 5.41) is 0. The fraction of sp³-hybridized carbons (Fsp3) is 0.357. The Morgan fingerprint density at radius 3 is 1.52 bits per heavy atom. The van der Waals surface area contributed by atoms with Crippen LogP contribution in [0.5, 0.6) is 11.5 Å². The highest BCUT2D eigenvalue weighted by atomic mass is 16.5. The van der Waals surface area contributed by atoms with Crippen LogP contribution in [0.3, 0.4) is 0 Å². The topological polar surface area (TPSA) is 15.7 Å². The smallest absolute Gasteiger partial charge is 0.133 e. The molecule has 0 radical (unpaired) electrons. The molecule has 0 fully saturated rings. The van der Waals surface area contributed by atoms with Gasteiger partial charge in [-0.1, -0.05) is 42.0 Å². The number of hydrogen-bond donors (Lipinski definition) is 0. The van der Waals surface area contributed by atoms with Crippen molar-refractivity contribution in [3.05, 3.63) is 82.9 Å². The first-order valence-corrected chi connectivity index (χ1v) is 11.6. The average Bonchev–Trinajstić information content (AvgIpc) is 2.79. The fourth-order valence-corrected chi connectivity index (χ4v) is 4.67. The summed E-state index contributed by atoms with van der Waals surface area (Å²) in [6.45, 7) is 14.9. The zero-order chi connectivity index (χ0) is 22.0. The second kappa shape index (κ2) is 9.05. The van der Waals surface area contributed by atoms with Crippen molar-refractivity contribution in [3.63, 3.8) is 0 Å². The number of benzene rings is 3. The van der Waals surface area contributed by atoms with Crippen LogP contribution in [-0.2, 0) is 0 Å². The third kappa shape index (κ3) is 4.01. The first kappa shape index (κ1) is 21.3. The molecule has 31 heavy (non-hydrogen) atoms. The summed E-state index contributed by atoms with van der Waals surface area (Å²) in [5.74, 6) is 2.12. The van der Waals surface area contributed by atoms with Crippen molar-refractivity contribution in [3.8, 4) is 11.5 Å². The first-order valence-electron chi connectivity index (χ1n) is 11.6. The van der Waals surface area contributed by atoms with E-state index < -0.39 is 0 Å². The van der Waals surface area contributed by atoms with E-state index in [2.05, 4.69) is 105 Å². The van der Waals surface area contributed by atoms with Gasteiger partial charge in [-0.15, -0.1) is 0 Å². The number of nitrogens with zero attached hydrogens (tertiary/aromatic N) is 2. The Labute approximate surface area is 187 Å². The predicted octanol–water partition coefficient (Wildman–Crippen LogP) is 6.97. The second-order valence-corrected chi connectivity index (χ2v) is 8.23. The van der Waals surface area contributed by atoms with E-state index >= 15 is 0 Å². The van der Waals surface area contributed by atoms with Gasteiger partial charge in [0.25, 0.3) is 0 Å². The highest BCUT2D eigenvalue weighted by Gasteiger charge is 2.29. The van der Waals surface area contributed by atoms with Crippen molar-refractivity contribution in [2.45, 2.75) is 40.5 Å². The van der Waals surface area contributed by atoms with E-state index in [0.29, 0.717) is 0 Å². The molecule has 0 bridgehead atoms. The summed E-state index contributed by atoms with van der Waals surface area (Å²) >= 11 is 0. The van der Waals surface area contributed by atoms with Crippen molar-refractivity contribution in [1.82, 2.24) is 0 Å². The molecule has 3 aromatic rings. The van der Waals surface area contributed by atoms with Crippen molar-refractivity contribution >= 4 is 11.4 Å². The van der Waals surface area contributed by atoms with Gasteiger partial charge in [0.2, 0.25) is 0 Å². The number of anilines is 2. The van der Waals surface area contributed by atoms with Crippen LogP contribution in [0.1, 0.15) is 55.9 Å². The lowest BCUT2D eigenvalue weighted by Gasteiger charge is -2.32. The summed E-state index contributed by atoms with van der Waals surface area (Å²) in [6, 6.07) is 22.4. The van der Waals surface area contributed by atoms with Gasteiger partial charge in [-0.3, -0.25) is 0 Å². The van der Waals surface area contributed by atoms with Crippen molar-refractivity contribution in [2.75, 3.05) is 36.0 Å². The molecule has 1 heterocycles. The van der Waals surface area contributed by atoms with Gasteiger partial charge in [0, 0.05) is 66.7 Å². The largest absolute Gasteiger partial charge is 0.457 e. The van der Waals surface area contributed by atoms with E-state index in [1.165, 1.54) is 33.6 Å². The SMILES string of the molecule is CCN(CC)c1ccc2c(c1)Oc1cc(N(CC)CC)ccc1C2c1ccc(C)cc1. The van der Waals surface area contributed by atoms with Crippen LogP contribution < -0.4 is 14.5 Å². The Balaban J connectivity index is 1.86. The van der Waals surface area contributed by atoms with Gasteiger partial charge >= 0.3 is 0 Å². The zero-order valence-electron chi connectivity index (χ0n) is 19.5. The molecule has 4 rings (SSSR count). The molecule has 0 amide bonds. The molecule has 0 saturated heterocycles. The number of ether oxygens (including phenoxy) is 1. The molecule has 0 aromatic heterocycles. The number of aryl methyl sites for hydroxylation is 1. The highest BCUT2D eigenvalue weighted by molar-refractivity contribution is 5.66. The van der Waals surface area contributed by atoms with Gasteiger partial charge in [-0.05, 0) is 52.3 Å². The Morgan fingerprint density at radius 1 is 0.645 bits per heavy atom. The van der Waals surface area contributed by atoms with Gasteiger partial charge in [0.1, 0.15) is 11.5 Å². The summed E-state index contributed by atoms with van der Waals surface area (Å²) in [5.41, 5.74) is 7.50. The minimum atomic E-state index is 0.177. The van der Waals surface area contributed by atoms with Crippen molar-refractivity contribution in [2.24, 2.45) is 0 Å².